The summed E-state index contributed by atoms with van der Waals surface area (Å²) in [6.45, 7) is 2.22. The van der Waals surface area contributed by atoms with Crippen molar-refractivity contribution < 1.29 is 4.79 Å². The van der Waals surface area contributed by atoms with E-state index in [2.05, 4.69) is 19.6 Å². The van der Waals surface area contributed by atoms with E-state index in [4.69, 9.17) is 0 Å². The van der Waals surface area contributed by atoms with Crippen LogP contribution in [0.4, 0.5) is 0 Å². The molecule has 96 valence electrons. The molecule has 0 aliphatic rings. The van der Waals surface area contributed by atoms with Crippen LogP contribution < -0.4 is 0 Å². The molecule has 0 aliphatic carbocycles. The van der Waals surface area contributed by atoms with Gasteiger partial charge in [-0.1, -0.05) is 45.4 Å². The Morgan fingerprint density at radius 2 is 1.31 bits per heavy atom. The zero-order chi connectivity index (χ0) is 12.1. The Kier molecular flexibility index (Phi) is 13.1. The Hall–Kier alpha value is 0.0200. The molecule has 0 fully saturated rings. The van der Waals surface area contributed by atoms with Crippen molar-refractivity contribution >= 4 is 18.4 Å². The summed E-state index contributed by atoms with van der Waals surface area (Å²) in [4.78, 5) is 11.5. The molecule has 0 N–H and O–H groups in total. The highest BCUT2D eigenvalue weighted by Crippen LogP contribution is 2.09. The summed E-state index contributed by atoms with van der Waals surface area (Å²) in [5.74, 6) is 1.45. The van der Waals surface area contributed by atoms with Gasteiger partial charge in [-0.2, -0.15) is 12.6 Å². The number of carbonyl (C=O) groups is 1. The maximum absolute atomic E-state index is 11.5. The second-order valence-electron chi connectivity index (χ2n) is 4.59. The van der Waals surface area contributed by atoms with E-state index < -0.39 is 0 Å². The maximum atomic E-state index is 11.5. The van der Waals surface area contributed by atoms with Gasteiger partial charge in [-0.25, -0.2) is 0 Å². The highest BCUT2D eigenvalue weighted by atomic mass is 32.1. The van der Waals surface area contributed by atoms with Crippen LogP contribution in [0.3, 0.4) is 0 Å². The standard InChI is InChI=1S/C14H28OS/c1-2-3-4-5-8-11-14(15)12-9-6-7-10-13-16/h16H,2-13H2,1H3. The molecule has 0 aromatic rings. The van der Waals surface area contributed by atoms with Crippen LogP contribution in [0.5, 0.6) is 0 Å². The van der Waals surface area contributed by atoms with Crippen LogP contribution in [0.2, 0.25) is 0 Å². The summed E-state index contributed by atoms with van der Waals surface area (Å²) in [5, 5.41) is 0. The van der Waals surface area contributed by atoms with Gasteiger partial charge >= 0.3 is 0 Å². The predicted molar refractivity (Wildman–Crippen MR) is 75.3 cm³/mol. The first-order chi connectivity index (χ1) is 7.81. The number of unbranched alkanes of at least 4 members (excludes halogenated alkanes) is 7. The van der Waals surface area contributed by atoms with Crippen molar-refractivity contribution in [3.05, 3.63) is 0 Å². The topological polar surface area (TPSA) is 17.1 Å². The second kappa shape index (κ2) is 13.1. The summed E-state index contributed by atoms with van der Waals surface area (Å²) in [7, 11) is 0. The van der Waals surface area contributed by atoms with Gasteiger partial charge < -0.3 is 0 Å². The smallest absolute Gasteiger partial charge is 0.132 e. The van der Waals surface area contributed by atoms with Crippen molar-refractivity contribution in [3.63, 3.8) is 0 Å². The number of ketones is 1. The monoisotopic (exact) mass is 244 g/mol. The van der Waals surface area contributed by atoms with E-state index in [1.165, 1.54) is 44.9 Å². The van der Waals surface area contributed by atoms with Gasteiger partial charge in [0.15, 0.2) is 0 Å². The van der Waals surface area contributed by atoms with Crippen LogP contribution in [0.1, 0.15) is 77.6 Å². The lowest BCUT2D eigenvalue weighted by molar-refractivity contribution is -0.119. The lowest BCUT2D eigenvalue weighted by atomic mass is 10.0. The van der Waals surface area contributed by atoms with Crippen LogP contribution in [0.25, 0.3) is 0 Å². The highest BCUT2D eigenvalue weighted by Gasteiger charge is 2.01. The third-order valence-corrected chi connectivity index (χ3v) is 3.24. The van der Waals surface area contributed by atoms with E-state index in [1.807, 2.05) is 0 Å². The third kappa shape index (κ3) is 12.1. The van der Waals surface area contributed by atoms with Crippen molar-refractivity contribution in [2.45, 2.75) is 77.6 Å². The molecule has 0 aromatic heterocycles. The van der Waals surface area contributed by atoms with Crippen molar-refractivity contribution in [2.24, 2.45) is 0 Å². The molecule has 0 radical (unpaired) electrons. The number of thiol groups is 1. The van der Waals surface area contributed by atoms with E-state index >= 15 is 0 Å². The van der Waals surface area contributed by atoms with Crippen LogP contribution >= 0.6 is 12.6 Å². The molecule has 0 rings (SSSR count). The zero-order valence-electron chi connectivity index (χ0n) is 10.8. The van der Waals surface area contributed by atoms with Crippen molar-refractivity contribution in [3.8, 4) is 0 Å². The van der Waals surface area contributed by atoms with Crippen LogP contribution in [0.15, 0.2) is 0 Å². The Labute approximate surface area is 107 Å². The fraction of sp³-hybridized carbons (Fsp3) is 0.929. The Morgan fingerprint density at radius 1 is 0.812 bits per heavy atom. The number of Topliss-reactive ketones (excluding diaryl/α,β-unsaturated/α-hetero) is 1. The van der Waals surface area contributed by atoms with Gasteiger partial charge in [-0.05, 0) is 25.0 Å². The quantitative estimate of drug-likeness (QED) is 0.385. The molecule has 0 spiro atoms. The van der Waals surface area contributed by atoms with Crippen LogP contribution in [-0.2, 0) is 4.79 Å². The molecular formula is C14H28OS. The summed E-state index contributed by atoms with van der Waals surface area (Å²) >= 11 is 4.17. The number of carbonyl (C=O) groups excluding carboxylic acids is 1. The first-order valence-corrected chi connectivity index (χ1v) is 7.57. The molecule has 0 heterocycles. The molecule has 16 heavy (non-hydrogen) atoms. The van der Waals surface area contributed by atoms with Gasteiger partial charge in [0.1, 0.15) is 5.78 Å². The average Bonchev–Trinajstić information content (AvgIpc) is 2.28. The maximum Gasteiger partial charge on any atom is 0.132 e. The van der Waals surface area contributed by atoms with E-state index in [0.717, 1.165) is 31.4 Å². The number of hydrogen-bond acceptors (Lipinski definition) is 2. The summed E-state index contributed by atoms with van der Waals surface area (Å²) < 4.78 is 0. The molecule has 1 nitrogen and oxygen atoms in total. The van der Waals surface area contributed by atoms with Gasteiger partial charge in [-0.15, -0.1) is 0 Å². The minimum absolute atomic E-state index is 0.474. The Balaban J connectivity index is 3.12. The molecule has 0 aliphatic heterocycles. The van der Waals surface area contributed by atoms with Crippen molar-refractivity contribution in [2.75, 3.05) is 5.75 Å². The molecule has 0 saturated heterocycles. The molecule has 0 saturated carbocycles. The molecule has 2 heteroatoms. The number of hydrogen-bond donors (Lipinski definition) is 1. The summed E-state index contributed by atoms with van der Waals surface area (Å²) in [5.41, 5.74) is 0. The van der Waals surface area contributed by atoms with Gasteiger partial charge in [0, 0.05) is 12.8 Å². The lowest BCUT2D eigenvalue weighted by Gasteiger charge is -2.01. The third-order valence-electron chi connectivity index (χ3n) is 2.92. The summed E-state index contributed by atoms with van der Waals surface area (Å²) in [6, 6.07) is 0. The lowest BCUT2D eigenvalue weighted by Crippen LogP contribution is -1.97. The van der Waals surface area contributed by atoms with E-state index in [9.17, 15) is 4.79 Å². The van der Waals surface area contributed by atoms with E-state index in [-0.39, 0.29) is 0 Å². The molecule has 0 aromatic carbocycles. The van der Waals surface area contributed by atoms with Gasteiger partial charge in [0.25, 0.3) is 0 Å². The van der Waals surface area contributed by atoms with E-state index in [0.29, 0.717) is 5.78 Å². The highest BCUT2D eigenvalue weighted by molar-refractivity contribution is 7.80. The Morgan fingerprint density at radius 3 is 1.81 bits per heavy atom. The first-order valence-electron chi connectivity index (χ1n) is 6.93. The fourth-order valence-electron chi connectivity index (χ4n) is 1.84. The predicted octanol–water partition coefficient (Wildman–Crippen LogP) is 4.80. The second-order valence-corrected chi connectivity index (χ2v) is 5.04. The van der Waals surface area contributed by atoms with Gasteiger partial charge in [0.05, 0.1) is 0 Å². The average molecular weight is 244 g/mol. The zero-order valence-corrected chi connectivity index (χ0v) is 11.7. The molecule has 0 bridgehead atoms. The normalized spacial score (nSPS) is 10.6. The van der Waals surface area contributed by atoms with Crippen molar-refractivity contribution in [1.29, 1.82) is 0 Å². The Bertz CT molecular complexity index is 141. The number of rotatable bonds is 12. The van der Waals surface area contributed by atoms with Gasteiger partial charge in [-0.3, -0.25) is 4.79 Å². The SMILES string of the molecule is CCCCCCCC(=O)CCCCCCS. The minimum atomic E-state index is 0.474. The van der Waals surface area contributed by atoms with E-state index in [1.54, 1.807) is 0 Å². The van der Waals surface area contributed by atoms with Gasteiger partial charge in [0.2, 0.25) is 0 Å². The largest absolute Gasteiger partial charge is 0.300 e. The van der Waals surface area contributed by atoms with Crippen LogP contribution in [0, 0.1) is 0 Å². The first kappa shape index (κ1) is 16.0. The van der Waals surface area contributed by atoms with Crippen LogP contribution in [-0.4, -0.2) is 11.5 Å². The molecule has 0 unspecified atom stereocenters. The fourth-order valence-corrected chi connectivity index (χ4v) is 2.06. The summed E-state index contributed by atoms with van der Waals surface area (Å²) in [6.07, 6.45) is 12.6. The molecular weight excluding hydrogens is 216 g/mol. The minimum Gasteiger partial charge on any atom is -0.300 e. The molecule has 0 amide bonds. The molecule has 0 atom stereocenters. The van der Waals surface area contributed by atoms with Crippen molar-refractivity contribution in [1.82, 2.24) is 0 Å².